The zero-order valence-corrected chi connectivity index (χ0v) is 33.4. The second-order valence-electron chi connectivity index (χ2n) is 17.4. The zero-order valence-electron chi connectivity index (χ0n) is 33.4. The molecule has 0 aliphatic carbocycles. The number of nitrogen functional groups attached to an aromatic ring is 1. The minimum Gasteiger partial charge on any atom is -0.459 e. The molecule has 0 aromatic heterocycles. The van der Waals surface area contributed by atoms with Gasteiger partial charge in [0.05, 0.1) is 19.6 Å². The van der Waals surface area contributed by atoms with Crippen molar-refractivity contribution in [3.8, 4) is 0 Å². The highest BCUT2D eigenvalue weighted by Gasteiger charge is 2.37. The maximum absolute atomic E-state index is 14.0. The third kappa shape index (κ3) is 16.2. The molecular formula is C39H65N5O8. The zero-order chi connectivity index (χ0) is 38.9. The Balaban J connectivity index is 1.99. The molecule has 3 unspecified atom stereocenters. The number of carbonyl (C=O) groups excluding carboxylic acids is 4. The Hall–Kier alpha value is -3.26. The molecule has 0 saturated carbocycles. The van der Waals surface area contributed by atoms with Crippen LogP contribution >= 0.6 is 0 Å². The van der Waals surface area contributed by atoms with Gasteiger partial charge in [0.2, 0.25) is 0 Å². The summed E-state index contributed by atoms with van der Waals surface area (Å²) in [7, 11) is 0. The van der Waals surface area contributed by atoms with Crippen LogP contribution in [0.3, 0.4) is 0 Å². The first-order valence-electron chi connectivity index (χ1n) is 18.6. The Kier molecular flexibility index (Phi) is 15.1. The molecule has 294 valence electrons. The number of hydrogen-bond acceptors (Lipinski definition) is 13. The number of nitrogens with zero attached hydrogens (tertiary/aromatic N) is 4. The van der Waals surface area contributed by atoms with Crippen molar-refractivity contribution in [2.24, 2.45) is 0 Å². The second kappa shape index (κ2) is 18.2. The minimum absolute atomic E-state index is 0.0476. The van der Waals surface area contributed by atoms with Gasteiger partial charge in [-0.25, -0.2) is 0 Å². The van der Waals surface area contributed by atoms with Crippen LogP contribution in [0.1, 0.15) is 87.6 Å². The number of carbonyl (C=O) groups is 4. The lowest BCUT2D eigenvalue weighted by Gasteiger charge is -2.37. The Morgan fingerprint density at radius 1 is 0.750 bits per heavy atom. The van der Waals surface area contributed by atoms with Gasteiger partial charge in [0.25, 0.3) is 0 Å². The van der Waals surface area contributed by atoms with E-state index in [1.807, 2.05) is 108 Å². The van der Waals surface area contributed by atoms with Crippen molar-refractivity contribution in [3.05, 3.63) is 29.8 Å². The van der Waals surface area contributed by atoms with Crippen LogP contribution in [0, 0.1) is 0 Å². The largest absolute Gasteiger partial charge is 0.459 e. The summed E-state index contributed by atoms with van der Waals surface area (Å²) in [5.74, 6) is -1.41. The fourth-order valence-corrected chi connectivity index (χ4v) is 6.85. The predicted octanol–water partition coefficient (Wildman–Crippen LogP) is 3.52. The molecule has 2 saturated heterocycles. The summed E-state index contributed by atoms with van der Waals surface area (Å²) in [6, 6.07) is 7.04. The van der Waals surface area contributed by atoms with Crippen LogP contribution in [-0.2, 0) is 44.5 Å². The summed E-state index contributed by atoms with van der Waals surface area (Å²) in [6.45, 7) is 22.2. The summed E-state index contributed by atoms with van der Waals surface area (Å²) >= 11 is 0. The van der Waals surface area contributed by atoms with Crippen molar-refractivity contribution in [2.45, 2.75) is 117 Å². The maximum Gasteiger partial charge on any atom is 0.323 e. The topological polar surface area (TPSA) is 144 Å². The van der Waals surface area contributed by atoms with Crippen molar-refractivity contribution in [1.82, 2.24) is 19.6 Å². The van der Waals surface area contributed by atoms with Crippen molar-refractivity contribution in [3.63, 3.8) is 0 Å². The number of benzene rings is 1. The van der Waals surface area contributed by atoms with Gasteiger partial charge in [-0.1, -0.05) is 12.1 Å². The Morgan fingerprint density at radius 2 is 1.21 bits per heavy atom. The van der Waals surface area contributed by atoms with Crippen molar-refractivity contribution < 1.29 is 38.1 Å². The molecule has 13 nitrogen and oxygen atoms in total. The molecule has 2 fully saturated rings. The lowest BCUT2D eigenvalue weighted by molar-refractivity contribution is -0.171. The molecule has 0 amide bonds. The average molecular weight is 732 g/mol. The summed E-state index contributed by atoms with van der Waals surface area (Å²) in [6.07, 6.45) is 1.43. The Bertz CT molecular complexity index is 1350. The fraction of sp³-hybridized carbons (Fsp3) is 0.744. The van der Waals surface area contributed by atoms with E-state index in [0.717, 1.165) is 5.56 Å². The smallest absolute Gasteiger partial charge is 0.323 e. The number of ether oxygens (including phenoxy) is 4. The number of hydrogen-bond donors (Lipinski definition) is 1. The molecule has 0 spiro atoms. The molecule has 2 heterocycles. The van der Waals surface area contributed by atoms with Gasteiger partial charge in [0.15, 0.2) is 0 Å². The van der Waals surface area contributed by atoms with Gasteiger partial charge in [0, 0.05) is 64.5 Å². The number of rotatable bonds is 7. The first kappa shape index (κ1) is 43.1. The second-order valence-corrected chi connectivity index (χ2v) is 17.4. The van der Waals surface area contributed by atoms with Crippen LogP contribution in [0.25, 0.3) is 0 Å². The summed E-state index contributed by atoms with van der Waals surface area (Å²) in [5, 5.41) is 0. The molecule has 52 heavy (non-hydrogen) atoms. The fourth-order valence-electron chi connectivity index (χ4n) is 6.85. The van der Waals surface area contributed by atoms with Crippen LogP contribution in [0.2, 0.25) is 0 Å². The molecule has 2 aliphatic heterocycles. The SMILES string of the molecule is CC(C)(C)OC(=O)CN1CCN2CCN(CCN(C(CCc3ccc(N)cc3)C(=O)OC(C)(C)C)CC1)CC(=O)OC(C)(C)CC(C)(C)OC(=O)C2. The molecule has 2 bridgehead atoms. The molecule has 0 radical (unpaired) electrons. The average Bonchev–Trinajstić information content (AvgIpc) is 2.95. The summed E-state index contributed by atoms with van der Waals surface area (Å²) < 4.78 is 23.6. The molecule has 3 atom stereocenters. The number of esters is 4. The summed E-state index contributed by atoms with van der Waals surface area (Å²) in [5.41, 5.74) is 4.57. The maximum atomic E-state index is 14.0. The van der Waals surface area contributed by atoms with Gasteiger partial charge in [-0.3, -0.25) is 38.8 Å². The highest BCUT2D eigenvalue weighted by molar-refractivity contribution is 5.76. The third-order valence-electron chi connectivity index (χ3n) is 8.79. The highest BCUT2D eigenvalue weighted by atomic mass is 16.6. The minimum atomic E-state index is -0.874. The van der Waals surface area contributed by atoms with Gasteiger partial charge in [-0.05, 0) is 99.8 Å². The van der Waals surface area contributed by atoms with Crippen LogP contribution in [0.5, 0.6) is 0 Å². The van der Waals surface area contributed by atoms with Gasteiger partial charge in [0.1, 0.15) is 28.4 Å². The molecule has 2 aliphatic rings. The van der Waals surface area contributed by atoms with E-state index in [-0.39, 0.29) is 43.5 Å². The van der Waals surface area contributed by atoms with Gasteiger partial charge >= 0.3 is 23.9 Å². The molecule has 3 rings (SSSR count). The number of nitrogens with two attached hydrogens (primary N) is 1. The van der Waals surface area contributed by atoms with Crippen molar-refractivity contribution in [2.75, 3.05) is 77.7 Å². The monoisotopic (exact) mass is 731 g/mol. The van der Waals surface area contributed by atoms with Crippen LogP contribution < -0.4 is 5.73 Å². The van der Waals surface area contributed by atoms with Gasteiger partial charge in [-0.15, -0.1) is 0 Å². The molecular weight excluding hydrogens is 666 g/mol. The van der Waals surface area contributed by atoms with E-state index in [4.69, 9.17) is 24.7 Å². The number of fused-ring (bicyclic) bond motifs is 3. The van der Waals surface area contributed by atoms with Crippen molar-refractivity contribution in [1.29, 1.82) is 0 Å². The van der Waals surface area contributed by atoms with Gasteiger partial charge < -0.3 is 24.7 Å². The van der Waals surface area contributed by atoms with Gasteiger partial charge in [-0.2, -0.15) is 0 Å². The highest BCUT2D eigenvalue weighted by Crippen LogP contribution is 2.27. The van der Waals surface area contributed by atoms with E-state index in [0.29, 0.717) is 77.3 Å². The van der Waals surface area contributed by atoms with Crippen molar-refractivity contribution >= 4 is 29.6 Å². The van der Waals surface area contributed by atoms with E-state index in [2.05, 4.69) is 4.90 Å². The van der Waals surface area contributed by atoms with Crippen LogP contribution in [0.4, 0.5) is 5.69 Å². The molecule has 2 N–H and O–H groups in total. The lowest BCUT2D eigenvalue weighted by Crippen LogP contribution is -2.53. The Morgan fingerprint density at radius 3 is 1.73 bits per heavy atom. The van der Waals surface area contributed by atoms with Crippen LogP contribution in [-0.4, -0.2) is 144 Å². The standard InChI is InChI=1S/C39H65N5O8/c1-36(2,3)49-32(45)25-42-19-17-41-18-20-43(27-34(47)51-39(9,10)28-38(7,8)50-33(46)26-41)22-24-44(23-21-42)31(35(48)52-37(4,5)6)16-13-29-11-14-30(40)15-12-29/h11-12,14-15,31H,13,16-28,40H2,1-10H3. The van der Waals surface area contributed by atoms with E-state index in [1.165, 1.54) is 0 Å². The number of cyclic esters (lactones) is 2. The van der Waals surface area contributed by atoms with E-state index < -0.39 is 28.4 Å². The first-order chi connectivity index (χ1) is 24.0. The number of aryl methyl sites for hydroxylation is 1. The molecule has 1 aromatic carbocycles. The predicted molar refractivity (Wildman–Crippen MR) is 201 cm³/mol. The Labute approximate surface area is 311 Å². The summed E-state index contributed by atoms with van der Waals surface area (Å²) in [4.78, 5) is 62.0. The first-order valence-corrected chi connectivity index (χ1v) is 18.6. The van der Waals surface area contributed by atoms with E-state index in [9.17, 15) is 19.2 Å². The molecule has 1 aromatic rings. The lowest BCUT2D eigenvalue weighted by atomic mass is 9.92. The normalized spacial score (nSPS) is 23.7. The molecule has 13 heteroatoms. The number of anilines is 1. The quantitative estimate of drug-likeness (QED) is 0.248. The van der Waals surface area contributed by atoms with Crippen LogP contribution in [0.15, 0.2) is 24.3 Å². The third-order valence-corrected chi connectivity index (χ3v) is 8.79. The van der Waals surface area contributed by atoms with E-state index >= 15 is 0 Å². The van der Waals surface area contributed by atoms with E-state index in [1.54, 1.807) is 0 Å².